The van der Waals surface area contributed by atoms with Crippen molar-refractivity contribution in [2.75, 3.05) is 25.6 Å². The highest BCUT2D eigenvalue weighted by Gasteiger charge is 2.05. The number of methoxy groups -OCH3 is 1. The van der Waals surface area contributed by atoms with Gasteiger partial charge in [0.25, 0.3) is 0 Å². The van der Waals surface area contributed by atoms with Gasteiger partial charge < -0.3 is 15.8 Å². The molecule has 1 rings (SSSR count). The first kappa shape index (κ1) is 14.4. The Morgan fingerprint density at radius 2 is 2.24 bits per heavy atom. The molecule has 0 saturated heterocycles. The van der Waals surface area contributed by atoms with Gasteiger partial charge in [0.05, 0.1) is 0 Å². The molecule has 0 unspecified atom stereocenters. The first-order chi connectivity index (χ1) is 8.15. The standard InChI is InChI=1S/C12H17BrN2OS/c1-16-7-3-2-6-15-11-8-9(13)4-5-10(11)12(14)17/h4-5,8,15H,2-3,6-7H2,1H3,(H2,14,17). The summed E-state index contributed by atoms with van der Waals surface area (Å²) in [6.45, 7) is 1.68. The molecule has 0 aliphatic heterocycles. The number of hydrogen-bond acceptors (Lipinski definition) is 3. The van der Waals surface area contributed by atoms with Crippen molar-refractivity contribution in [2.45, 2.75) is 12.8 Å². The summed E-state index contributed by atoms with van der Waals surface area (Å²) in [5.41, 5.74) is 7.53. The number of nitrogens with two attached hydrogens (primary N) is 1. The Hall–Kier alpha value is -0.650. The van der Waals surface area contributed by atoms with Gasteiger partial charge in [-0.2, -0.15) is 0 Å². The summed E-state index contributed by atoms with van der Waals surface area (Å²) in [5, 5.41) is 3.34. The molecule has 0 atom stereocenters. The highest BCUT2D eigenvalue weighted by Crippen LogP contribution is 2.21. The van der Waals surface area contributed by atoms with Crippen molar-refractivity contribution in [1.29, 1.82) is 0 Å². The molecule has 0 spiro atoms. The predicted molar refractivity (Wildman–Crippen MR) is 79.6 cm³/mol. The summed E-state index contributed by atoms with van der Waals surface area (Å²) in [5.74, 6) is 0. The molecular weight excluding hydrogens is 300 g/mol. The van der Waals surface area contributed by atoms with Crippen molar-refractivity contribution in [3.63, 3.8) is 0 Å². The van der Waals surface area contributed by atoms with Gasteiger partial charge in [-0.05, 0) is 31.0 Å². The summed E-state index contributed by atoms with van der Waals surface area (Å²) in [4.78, 5) is 0.414. The zero-order chi connectivity index (χ0) is 12.7. The Morgan fingerprint density at radius 3 is 2.88 bits per heavy atom. The van der Waals surface area contributed by atoms with E-state index >= 15 is 0 Å². The van der Waals surface area contributed by atoms with E-state index in [0.29, 0.717) is 4.99 Å². The molecule has 0 radical (unpaired) electrons. The maximum absolute atomic E-state index is 5.67. The summed E-state index contributed by atoms with van der Waals surface area (Å²) in [7, 11) is 1.71. The average molecular weight is 317 g/mol. The fourth-order valence-corrected chi connectivity index (χ4v) is 2.01. The monoisotopic (exact) mass is 316 g/mol. The lowest BCUT2D eigenvalue weighted by molar-refractivity contribution is 0.194. The summed E-state index contributed by atoms with van der Waals surface area (Å²) >= 11 is 8.45. The van der Waals surface area contributed by atoms with Crippen molar-refractivity contribution >= 4 is 38.8 Å². The predicted octanol–water partition coefficient (Wildman–Crippen LogP) is 2.92. The molecule has 0 heterocycles. The Balaban J connectivity index is 2.56. The van der Waals surface area contributed by atoms with E-state index in [1.54, 1.807) is 7.11 Å². The Labute approximate surface area is 116 Å². The second-order valence-corrected chi connectivity index (χ2v) is 5.04. The Bertz CT molecular complexity index is 385. The number of halogens is 1. The van der Waals surface area contributed by atoms with Gasteiger partial charge in [-0.1, -0.05) is 28.1 Å². The molecule has 0 aromatic heterocycles. The quantitative estimate of drug-likeness (QED) is 0.600. The first-order valence-corrected chi connectivity index (χ1v) is 6.67. The van der Waals surface area contributed by atoms with Crippen LogP contribution in [0.1, 0.15) is 18.4 Å². The number of rotatable bonds is 7. The van der Waals surface area contributed by atoms with Gasteiger partial charge in [0.1, 0.15) is 4.99 Å². The van der Waals surface area contributed by atoms with Gasteiger partial charge in [-0.15, -0.1) is 0 Å². The molecule has 0 aliphatic carbocycles. The number of anilines is 1. The van der Waals surface area contributed by atoms with E-state index in [1.165, 1.54) is 0 Å². The van der Waals surface area contributed by atoms with Gasteiger partial charge in [-0.25, -0.2) is 0 Å². The van der Waals surface area contributed by atoms with E-state index in [1.807, 2.05) is 18.2 Å². The second-order valence-electron chi connectivity index (χ2n) is 3.68. The molecule has 3 nitrogen and oxygen atoms in total. The van der Waals surface area contributed by atoms with Crippen LogP contribution in [0.5, 0.6) is 0 Å². The van der Waals surface area contributed by atoms with Crippen LogP contribution < -0.4 is 11.1 Å². The zero-order valence-electron chi connectivity index (χ0n) is 9.83. The van der Waals surface area contributed by atoms with Gasteiger partial charge in [-0.3, -0.25) is 0 Å². The average Bonchev–Trinajstić information content (AvgIpc) is 2.28. The molecule has 0 bridgehead atoms. The molecular formula is C12H17BrN2OS. The lowest BCUT2D eigenvalue weighted by Crippen LogP contribution is -2.14. The number of hydrogen-bond donors (Lipinski definition) is 2. The van der Waals surface area contributed by atoms with E-state index in [9.17, 15) is 0 Å². The highest BCUT2D eigenvalue weighted by atomic mass is 79.9. The normalized spacial score (nSPS) is 10.2. The minimum Gasteiger partial charge on any atom is -0.389 e. The largest absolute Gasteiger partial charge is 0.389 e. The van der Waals surface area contributed by atoms with Crippen molar-refractivity contribution in [3.05, 3.63) is 28.2 Å². The smallest absolute Gasteiger partial charge is 0.106 e. The van der Waals surface area contributed by atoms with Crippen LogP contribution >= 0.6 is 28.1 Å². The molecule has 0 aliphatic rings. The lowest BCUT2D eigenvalue weighted by atomic mass is 10.1. The van der Waals surface area contributed by atoms with Crippen LogP contribution in [0, 0.1) is 0 Å². The molecule has 17 heavy (non-hydrogen) atoms. The van der Waals surface area contributed by atoms with Crippen molar-refractivity contribution in [2.24, 2.45) is 5.73 Å². The van der Waals surface area contributed by atoms with Crippen LogP contribution in [0.25, 0.3) is 0 Å². The third-order valence-corrected chi connectivity index (χ3v) is 3.05. The topological polar surface area (TPSA) is 47.3 Å². The maximum atomic E-state index is 5.67. The zero-order valence-corrected chi connectivity index (χ0v) is 12.2. The molecule has 0 saturated carbocycles. The van der Waals surface area contributed by atoms with Gasteiger partial charge in [0, 0.05) is 36.0 Å². The van der Waals surface area contributed by atoms with E-state index in [2.05, 4.69) is 21.2 Å². The Morgan fingerprint density at radius 1 is 1.47 bits per heavy atom. The van der Waals surface area contributed by atoms with Crippen LogP contribution in [0.15, 0.2) is 22.7 Å². The van der Waals surface area contributed by atoms with Crippen LogP contribution in [0.2, 0.25) is 0 Å². The van der Waals surface area contributed by atoms with Gasteiger partial charge in [0.2, 0.25) is 0 Å². The number of ether oxygens (including phenoxy) is 1. The van der Waals surface area contributed by atoms with Crippen molar-refractivity contribution in [3.8, 4) is 0 Å². The van der Waals surface area contributed by atoms with Gasteiger partial charge >= 0.3 is 0 Å². The fourth-order valence-electron chi connectivity index (χ4n) is 1.47. The third-order valence-electron chi connectivity index (χ3n) is 2.34. The number of unbranched alkanes of at least 4 members (excludes halogenated alkanes) is 1. The van der Waals surface area contributed by atoms with E-state index in [0.717, 1.165) is 41.7 Å². The lowest BCUT2D eigenvalue weighted by Gasteiger charge is -2.11. The fraction of sp³-hybridized carbons (Fsp3) is 0.417. The van der Waals surface area contributed by atoms with Crippen molar-refractivity contribution in [1.82, 2.24) is 0 Å². The SMILES string of the molecule is COCCCCNc1cc(Br)ccc1C(N)=S. The molecule has 1 aromatic carbocycles. The van der Waals surface area contributed by atoms with Gasteiger partial charge in [0.15, 0.2) is 0 Å². The minimum absolute atomic E-state index is 0.414. The number of benzene rings is 1. The summed E-state index contributed by atoms with van der Waals surface area (Å²) in [6, 6.07) is 5.85. The molecule has 3 N–H and O–H groups in total. The third kappa shape index (κ3) is 5.02. The molecule has 0 amide bonds. The maximum Gasteiger partial charge on any atom is 0.106 e. The van der Waals surface area contributed by atoms with Crippen LogP contribution in [0.4, 0.5) is 5.69 Å². The highest BCUT2D eigenvalue weighted by molar-refractivity contribution is 9.10. The van der Waals surface area contributed by atoms with E-state index in [4.69, 9.17) is 22.7 Å². The van der Waals surface area contributed by atoms with Crippen LogP contribution in [-0.2, 0) is 4.74 Å². The molecule has 94 valence electrons. The van der Waals surface area contributed by atoms with Crippen LogP contribution in [0.3, 0.4) is 0 Å². The van der Waals surface area contributed by atoms with E-state index < -0.39 is 0 Å². The summed E-state index contributed by atoms with van der Waals surface area (Å²) in [6.07, 6.45) is 2.09. The molecule has 0 fully saturated rings. The van der Waals surface area contributed by atoms with Crippen molar-refractivity contribution < 1.29 is 4.74 Å². The minimum atomic E-state index is 0.414. The number of thiocarbonyl (C=S) groups is 1. The van der Waals surface area contributed by atoms with E-state index in [-0.39, 0.29) is 0 Å². The Kier molecular flexibility index (Phi) is 6.47. The first-order valence-electron chi connectivity index (χ1n) is 5.47. The number of nitrogens with one attached hydrogen (secondary N) is 1. The molecule has 1 aromatic rings. The van der Waals surface area contributed by atoms with Crippen LogP contribution in [-0.4, -0.2) is 25.2 Å². The summed E-state index contributed by atoms with van der Waals surface area (Å²) < 4.78 is 6.01. The second kappa shape index (κ2) is 7.63. The molecule has 5 heteroatoms.